The van der Waals surface area contributed by atoms with E-state index in [1.807, 2.05) is 54.7 Å². The van der Waals surface area contributed by atoms with Crippen molar-refractivity contribution in [3.8, 4) is 40.0 Å². The Labute approximate surface area is 314 Å². The van der Waals surface area contributed by atoms with E-state index in [9.17, 15) is 5.11 Å². The molecule has 0 radical (unpaired) electrons. The number of fused-ring (bicyclic) bond motifs is 3. The first-order chi connectivity index (χ1) is 24.2. The van der Waals surface area contributed by atoms with Crippen molar-refractivity contribution in [2.45, 2.75) is 40.0 Å². The molecule has 2 aromatic heterocycles. The van der Waals surface area contributed by atoms with Crippen LogP contribution in [-0.4, -0.2) is 15.1 Å². The summed E-state index contributed by atoms with van der Waals surface area (Å²) in [5.74, 6) is 7.59. The second kappa shape index (κ2) is 13.3. The Morgan fingerprint density at radius 2 is 1.49 bits per heavy atom. The SMILES string of the molecule is Cc1cc(C)c(-c2ccnc(N3c4[c-]c(-c5cc(C#Cc6ccccc6)c6cccc(O)c6n5)ccc4C(C)(C)c4ccccc43)c2)c(C)c1.[Pt]. The van der Waals surface area contributed by atoms with Crippen LogP contribution >= 0.6 is 0 Å². The first kappa shape index (κ1) is 34.0. The number of rotatable bonds is 3. The van der Waals surface area contributed by atoms with Gasteiger partial charge in [0.2, 0.25) is 0 Å². The standard InChI is InChI=1S/C46H36N3O.Pt/c1-29-24-30(2)44(31(3)25-29)35-22-23-47-43(28-35)49-40-16-10-9-15-37(40)46(4,5)38-21-20-34(27-41(38)49)39-26-33(19-18-32-12-7-6-8-13-32)36-14-11-17-42(50)45(36)48-39;/h6-17,20-26,28,50H,1-5H3;/q-1;. The van der Waals surface area contributed by atoms with Crippen molar-refractivity contribution in [1.82, 2.24) is 9.97 Å². The summed E-state index contributed by atoms with van der Waals surface area (Å²) in [5.41, 5.74) is 13.9. The van der Waals surface area contributed by atoms with Crippen molar-refractivity contribution in [1.29, 1.82) is 0 Å². The molecular formula is C46H36N3OPt-. The zero-order valence-electron chi connectivity index (χ0n) is 29.2. The fraction of sp³-hybridized carbons (Fsp3) is 0.130. The summed E-state index contributed by atoms with van der Waals surface area (Å²) in [6.07, 6.45) is 1.90. The number of phenolic OH excluding ortho intramolecular Hbond substituents is 1. The minimum atomic E-state index is -0.291. The molecule has 5 heteroatoms. The van der Waals surface area contributed by atoms with E-state index < -0.39 is 0 Å². The van der Waals surface area contributed by atoms with Gasteiger partial charge in [-0.3, -0.25) is 4.98 Å². The molecule has 1 N–H and O–H groups in total. The van der Waals surface area contributed by atoms with E-state index in [-0.39, 0.29) is 32.2 Å². The number of aromatic hydroxyl groups is 1. The molecule has 4 nitrogen and oxygen atoms in total. The van der Waals surface area contributed by atoms with E-state index >= 15 is 0 Å². The molecule has 0 bridgehead atoms. The molecular weight excluding hydrogens is 806 g/mol. The van der Waals surface area contributed by atoms with Gasteiger partial charge in [0.15, 0.2) is 0 Å². The Hall–Kier alpha value is -5.49. The molecule has 0 atom stereocenters. The normalized spacial score (nSPS) is 12.7. The number of benzene rings is 5. The van der Waals surface area contributed by atoms with Crippen molar-refractivity contribution in [3.05, 3.63) is 166 Å². The van der Waals surface area contributed by atoms with Crippen molar-refractivity contribution < 1.29 is 26.2 Å². The van der Waals surface area contributed by atoms with Crippen LogP contribution in [0.5, 0.6) is 5.75 Å². The van der Waals surface area contributed by atoms with Gasteiger partial charge in [-0.05, 0) is 102 Å². The molecule has 0 saturated carbocycles. The molecule has 8 rings (SSSR count). The second-order valence-electron chi connectivity index (χ2n) is 13.6. The van der Waals surface area contributed by atoms with Crippen LogP contribution in [0.15, 0.2) is 121 Å². The minimum absolute atomic E-state index is 0. The third-order valence-electron chi connectivity index (χ3n) is 9.79. The first-order valence-electron chi connectivity index (χ1n) is 16.9. The molecule has 5 aromatic carbocycles. The molecule has 0 unspecified atom stereocenters. The summed E-state index contributed by atoms with van der Waals surface area (Å²) < 4.78 is 0. The summed E-state index contributed by atoms with van der Waals surface area (Å²) in [7, 11) is 0. The molecule has 7 aromatic rings. The Bertz CT molecular complexity index is 2500. The number of nitrogens with zero attached hydrogens (tertiary/aromatic N) is 3. The quantitative estimate of drug-likeness (QED) is 0.142. The fourth-order valence-electron chi connectivity index (χ4n) is 7.48. The summed E-state index contributed by atoms with van der Waals surface area (Å²) in [5, 5.41) is 11.8. The third-order valence-corrected chi connectivity index (χ3v) is 9.79. The summed E-state index contributed by atoms with van der Waals surface area (Å²) >= 11 is 0. The molecule has 1 aliphatic heterocycles. The Morgan fingerprint density at radius 1 is 0.745 bits per heavy atom. The maximum absolute atomic E-state index is 10.9. The largest absolute Gasteiger partial charge is 0.506 e. The molecule has 252 valence electrons. The van der Waals surface area contributed by atoms with Gasteiger partial charge in [0.05, 0.1) is 0 Å². The molecule has 0 fully saturated rings. The van der Waals surface area contributed by atoms with Gasteiger partial charge in [-0.25, -0.2) is 4.98 Å². The van der Waals surface area contributed by atoms with E-state index in [0.29, 0.717) is 11.2 Å². The number of aromatic nitrogens is 2. The van der Waals surface area contributed by atoms with Gasteiger partial charge >= 0.3 is 0 Å². The van der Waals surface area contributed by atoms with Gasteiger partial charge in [-0.1, -0.05) is 104 Å². The maximum atomic E-state index is 10.9. The van der Waals surface area contributed by atoms with Gasteiger partial charge in [-0.15, -0.1) is 23.8 Å². The van der Waals surface area contributed by atoms with Crippen LogP contribution in [-0.2, 0) is 26.5 Å². The van der Waals surface area contributed by atoms with E-state index in [1.54, 1.807) is 6.07 Å². The van der Waals surface area contributed by atoms with E-state index in [2.05, 4.69) is 118 Å². The first-order valence-corrected chi connectivity index (χ1v) is 16.9. The van der Waals surface area contributed by atoms with Gasteiger partial charge < -0.3 is 10.0 Å². The third kappa shape index (κ3) is 6.03. The smallest absolute Gasteiger partial charge is 0.140 e. The van der Waals surface area contributed by atoms with Crippen LogP contribution in [0, 0.1) is 38.7 Å². The Morgan fingerprint density at radius 3 is 2.27 bits per heavy atom. The van der Waals surface area contributed by atoms with Crippen LogP contribution in [0.25, 0.3) is 33.3 Å². The summed E-state index contributed by atoms with van der Waals surface area (Å²) in [4.78, 5) is 12.2. The molecule has 1 aliphatic rings. The zero-order valence-corrected chi connectivity index (χ0v) is 31.4. The predicted octanol–water partition coefficient (Wildman–Crippen LogP) is 10.9. The van der Waals surface area contributed by atoms with Crippen LogP contribution in [0.2, 0.25) is 0 Å². The molecule has 51 heavy (non-hydrogen) atoms. The number of para-hydroxylation sites is 2. The molecule has 0 spiro atoms. The van der Waals surface area contributed by atoms with E-state index in [4.69, 9.17) is 9.97 Å². The van der Waals surface area contributed by atoms with Crippen LogP contribution in [0.4, 0.5) is 17.2 Å². The molecule has 0 amide bonds. The van der Waals surface area contributed by atoms with Gasteiger partial charge in [-0.2, -0.15) is 0 Å². The second-order valence-corrected chi connectivity index (χ2v) is 13.6. The Balaban J connectivity index is 0.00000406. The van der Waals surface area contributed by atoms with E-state index in [0.717, 1.165) is 50.4 Å². The topological polar surface area (TPSA) is 49.2 Å². The fourth-order valence-corrected chi connectivity index (χ4v) is 7.48. The van der Waals surface area contributed by atoms with Gasteiger partial charge in [0.25, 0.3) is 0 Å². The van der Waals surface area contributed by atoms with Crippen LogP contribution < -0.4 is 4.90 Å². The molecule has 0 aliphatic carbocycles. The van der Waals surface area contributed by atoms with E-state index in [1.165, 1.54) is 27.8 Å². The monoisotopic (exact) mass is 841 g/mol. The summed E-state index contributed by atoms with van der Waals surface area (Å²) in [6, 6.07) is 42.8. The number of hydrogen-bond acceptors (Lipinski definition) is 4. The average molecular weight is 842 g/mol. The average Bonchev–Trinajstić information content (AvgIpc) is 3.11. The number of anilines is 3. The summed E-state index contributed by atoms with van der Waals surface area (Å²) in [6.45, 7) is 11.0. The molecule has 0 saturated heterocycles. The van der Waals surface area contributed by atoms with Gasteiger partial charge in [0.1, 0.15) is 17.1 Å². The Kier molecular flexibility index (Phi) is 8.88. The number of hydrogen-bond donors (Lipinski definition) is 1. The van der Waals surface area contributed by atoms with Crippen molar-refractivity contribution >= 4 is 28.1 Å². The predicted molar refractivity (Wildman–Crippen MR) is 204 cm³/mol. The van der Waals surface area contributed by atoms with Crippen molar-refractivity contribution in [2.24, 2.45) is 0 Å². The van der Waals surface area contributed by atoms with Crippen molar-refractivity contribution in [2.75, 3.05) is 4.90 Å². The van der Waals surface area contributed by atoms with Crippen LogP contribution in [0.3, 0.4) is 0 Å². The minimum Gasteiger partial charge on any atom is -0.506 e. The zero-order chi connectivity index (χ0) is 34.6. The maximum Gasteiger partial charge on any atom is 0.140 e. The van der Waals surface area contributed by atoms with Crippen molar-refractivity contribution in [3.63, 3.8) is 0 Å². The van der Waals surface area contributed by atoms with Crippen LogP contribution in [0.1, 0.15) is 52.8 Å². The van der Waals surface area contributed by atoms with Gasteiger partial charge in [0, 0.05) is 49.5 Å². The number of aryl methyl sites for hydroxylation is 3. The number of phenols is 1. The molecule has 3 heterocycles. The number of pyridine rings is 2.